The first-order valence-corrected chi connectivity index (χ1v) is 3.71. The first-order chi connectivity index (χ1) is 6.93. The molecule has 19 heavy (non-hydrogen) atoms. The average Bonchev–Trinajstić information content (AvgIpc) is 1.76. The summed E-state index contributed by atoms with van der Waals surface area (Å²) < 4.78 is 0. The number of aliphatic carboxylic acids is 4. The fourth-order valence-electron chi connectivity index (χ4n) is 0. The van der Waals surface area contributed by atoms with Crippen LogP contribution in [0.15, 0.2) is 0 Å². The second kappa shape index (κ2) is 36.0. The van der Waals surface area contributed by atoms with Crippen LogP contribution in [0.3, 0.4) is 0 Å². The van der Waals surface area contributed by atoms with Crippen molar-refractivity contribution in [1.29, 1.82) is 0 Å². The molecular formula is C8H18Cl2O8Zr. The molecule has 0 bridgehead atoms. The summed E-state index contributed by atoms with van der Waals surface area (Å²) in [7, 11) is 0. The quantitative estimate of drug-likeness (QED) is 0.471. The van der Waals surface area contributed by atoms with Gasteiger partial charge in [-0.2, -0.15) is 0 Å². The molecule has 0 amide bonds. The molecule has 0 aromatic rings. The van der Waals surface area contributed by atoms with Gasteiger partial charge in [-0.1, -0.05) is 0 Å². The number of carbonyl (C=O) groups is 4. The van der Waals surface area contributed by atoms with Crippen molar-refractivity contribution in [3.8, 4) is 0 Å². The van der Waals surface area contributed by atoms with Gasteiger partial charge in [-0.15, -0.1) is 24.8 Å². The summed E-state index contributed by atoms with van der Waals surface area (Å²) in [5, 5.41) is 29.7. The van der Waals surface area contributed by atoms with Crippen LogP contribution in [0.1, 0.15) is 27.7 Å². The van der Waals surface area contributed by atoms with Gasteiger partial charge in [0, 0.05) is 53.9 Å². The second-order valence-corrected chi connectivity index (χ2v) is 2.08. The molecule has 0 unspecified atom stereocenters. The van der Waals surface area contributed by atoms with Crippen molar-refractivity contribution in [3.63, 3.8) is 0 Å². The van der Waals surface area contributed by atoms with Crippen LogP contribution < -0.4 is 0 Å². The summed E-state index contributed by atoms with van der Waals surface area (Å²) in [4.78, 5) is 36.0. The maximum absolute atomic E-state index is 9.00. The maximum atomic E-state index is 9.00. The van der Waals surface area contributed by atoms with Gasteiger partial charge in [0.15, 0.2) is 0 Å². The monoisotopic (exact) mass is 402 g/mol. The SMILES string of the molecule is CC(=O)O.CC(=O)O.CC(=O)O.CC(=O)O.Cl.Cl.[Zr]. The molecule has 0 aliphatic rings. The average molecular weight is 404 g/mol. The predicted octanol–water partition coefficient (Wildman–Crippen LogP) is 1.20. The molecule has 11 heteroatoms. The summed E-state index contributed by atoms with van der Waals surface area (Å²) in [6.07, 6.45) is 0. The fourth-order valence-corrected chi connectivity index (χ4v) is 0. The Morgan fingerprint density at radius 2 is 0.526 bits per heavy atom. The fraction of sp³-hybridized carbons (Fsp3) is 0.500. The predicted molar refractivity (Wildman–Crippen MR) is 67.7 cm³/mol. The smallest absolute Gasteiger partial charge is 0.300 e. The Morgan fingerprint density at radius 1 is 0.526 bits per heavy atom. The van der Waals surface area contributed by atoms with E-state index < -0.39 is 23.9 Å². The van der Waals surface area contributed by atoms with E-state index in [0.29, 0.717) is 0 Å². The van der Waals surface area contributed by atoms with Gasteiger partial charge in [0.1, 0.15) is 0 Å². The van der Waals surface area contributed by atoms with Crippen molar-refractivity contribution in [3.05, 3.63) is 0 Å². The first kappa shape index (κ1) is 42.9. The number of carboxylic acids is 4. The molecule has 0 aromatic heterocycles. The maximum Gasteiger partial charge on any atom is 0.300 e. The van der Waals surface area contributed by atoms with Crippen LogP contribution in [0.5, 0.6) is 0 Å². The van der Waals surface area contributed by atoms with Gasteiger partial charge in [-0.3, -0.25) is 19.2 Å². The van der Waals surface area contributed by atoms with E-state index in [1.165, 1.54) is 0 Å². The van der Waals surface area contributed by atoms with Gasteiger partial charge < -0.3 is 20.4 Å². The van der Waals surface area contributed by atoms with Crippen molar-refractivity contribution in [2.75, 3.05) is 0 Å². The number of carboxylic acid groups (broad SMARTS) is 4. The van der Waals surface area contributed by atoms with Crippen molar-refractivity contribution in [2.45, 2.75) is 27.7 Å². The minimum atomic E-state index is -0.833. The molecule has 4 N–H and O–H groups in total. The van der Waals surface area contributed by atoms with Crippen molar-refractivity contribution in [2.24, 2.45) is 0 Å². The van der Waals surface area contributed by atoms with Gasteiger partial charge in [-0.05, 0) is 0 Å². The van der Waals surface area contributed by atoms with E-state index in [4.69, 9.17) is 39.6 Å². The number of halogens is 2. The molecule has 8 nitrogen and oxygen atoms in total. The van der Waals surface area contributed by atoms with Crippen molar-refractivity contribution >= 4 is 48.7 Å². The number of rotatable bonds is 0. The third-order valence-corrected chi connectivity index (χ3v) is 0. The Labute approximate surface area is 142 Å². The molecule has 0 aromatic carbocycles. The van der Waals surface area contributed by atoms with E-state index in [-0.39, 0.29) is 51.0 Å². The molecule has 0 aliphatic carbocycles. The van der Waals surface area contributed by atoms with Crippen LogP contribution in [0.4, 0.5) is 0 Å². The van der Waals surface area contributed by atoms with Crippen LogP contribution >= 0.6 is 24.8 Å². The molecular weight excluding hydrogens is 386 g/mol. The van der Waals surface area contributed by atoms with Gasteiger partial charge in [0.25, 0.3) is 23.9 Å². The summed E-state index contributed by atoms with van der Waals surface area (Å²) in [5.41, 5.74) is 0. The topological polar surface area (TPSA) is 149 Å². The Kier molecular flexibility index (Phi) is 81.3. The normalized spacial score (nSPS) is 5.26. The summed E-state index contributed by atoms with van der Waals surface area (Å²) in [5.74, 6) is -3.33. The minimum absolute atomic E-state index is 0. The molecule has 0 atom stereocenters. The molecule has 0 heterocycles. The molecule has 0 rings (SSSR count). The molecule has 0 radical (unpaired) electrons. The molecule has 0 aliphatic heterocycles. The van der Waals surface area contributed by atoms with E-state index in [0.717, 1.165) is 27.7 Å². The molecule has 116 valence electrons. The Hall–Kier alpha value is -0.657. The van der Waals surface area contributed by atoms with Gasteiger partial charge in [-0.25, -0.2) is 0 Å². The molecule has 0 saturated carbocycles. The van der Waals surface area contributed by atoms with E-state index in [2.05, 4.69) is 0 Å². The van der Waals surface area contributed by atoms with Crippen LogP contribution in [0, 0.1) is 0 Å². The van der Waals surface area contributed by atoms with Crippen LogP contribution in [0.25, 0.3) is 0 Å². The Bertz CT molecular complexity index is 171. The van der Waals surface area contributed by atoms with Crippen LogP contribution in [-0.2, 0) is 45.4 Å². The van der Waals surface area contributed by atoms with E-state index in [1.54, 1.807) is 0 Å². The van der Waals surface area contributed by atoms with Gasteiger partial charge >= 0.3 is 0 Å². The van der Waals surface area contributed by atoms with Crippen LogP contribution in [-0.4, -0.2) is 44.3 Å². The van der Waals surface area contributed by atoms with Crippen molar-refractivity contribution < 1.29 is 65.8 Å². The summed E-state index contributed by atoms with van der Waals surface area (Å²) in [6, 6.07) is 0. The van der Waals surface area contributed by atoms with E-state index in [1.807, 2.05) is 0 Å². The number of hydrogen-bond donors (Lipinski definition) is 4. The summed E-state index contributed by atoms with van der Waals surface area (Å²) >= 11 is 0. The Morgan fingerprint density at radius 3 is 0.526 bits per heavy atom. The van der Waals surface area contributed by atoms with E-state index in [9.17, 15) is 0 Å². The third kappa shape index (κ3) is 9460. The molecule has 0 saturated heterocycles. The summed E-state index contributed by atoms with van der Waals surface area (Å²) in [6.45, 7) is 4.33. The third-order valence-electron chi connectivity index (χ3n) is 0. The largest absolute Gasteiger partial charge is 0.481 e. The van der Waals surface area contributed by atoms with Gasteiger partial charge in [0.05, 0.1) is 0 Å². The zero-order valence-corrected chi connectivity index (χ0v) is 14.8. The zero-order valence-electron chi connectivity index (χ0n) is 10.7. The minimum Gasteiger partial charge on any atom is -0.481 e. The Balaban J connectivity index is -0.0000000192. The first-order valence-electron chi connectivity index (χ1n) is 3.71. The van der Waals surface area contributed by atoms with E-state index >= 15 is 0 Å². The standard InChI is InChI=1S/4C2H4O2.2ClH.Zr/c4*1-2(3)4;;;/h4*1H3,(H,3,4);2*1H;. The number of hydrogen-bond acceptors (Lipinski definition) is 4. The van der Waals surface area contributed by atoms with Gasteiger partial charge in [0.2, 0.25) is 0 Å². The molecule has 0 fully saturated rings. The molecule has 0 spiro atoms. The zero-order chi connectivity index (χ0) is 14.3. The van der Waals surface area contributed by atoms with Crippen LogP contribution in [0.2, 0.25) is 0 Å². The van der Waals surface area contributed by atoms with Crippen molar-refractivity contribution in [1.82, 2.24) is 0 Å². The second-order valence-electron chi connectivity index (χ2n) is 2.08.